The van der Waals surface area contributed by atoms with Crippen molar-refractivity contribution < 1.29 is 9.63 Å². The molecule has 0 fully saturated rings. The first-order chi connectivity index (χ1) is 10.3. The Balaban J connectivity index is 1.69. The minimum Gasteiger partial charge on any atom is -0.508 e. The molecule has 4 nitrogen and oxygen atoms in total. The van der Waals surface area contributed by atoms with Crippen molar-refractivity contribution in [1.29, 1.82) is 0 Å². The Morgan fingerprint density at radius 1 is 1.05 bits per heavy atom. The molecule has 104 valence electrons. The van der Waals surface area contributed by atoms with Crippen LogP contribution < -0.4 is 0 Å². The van der Waals surface area contributed by atoms with E-state index in [1.54, 1.807) is 30.5 Å². The van der Waals surface area contributed by atoms with Gasteiger partial charge in [-0.25, -0.2) is 0 Å². The van der Waals surface area contributed by atoms with Crippen LogP contribution in [0.5, 0.6) is 5.75 Å². The average Bonchev–Trinajstić information content (AvgIpc) is 2.98. The summed E-state index contributed by atoms with van der Waals surface area (Å²) in [4.78, 5) is 4.33. The van der Waals surface area contributed by atoms with Gasteiger partial charge in [0.15, 0.2) is 5.76 Å². The van der Waals surface area contributed by atoms with Crippen LogP contribution in [0.4, 0.5) is 0 Å². The molecular formula is C17H14N2O2. The second kappa shape index (κ2) is 6.05. The van der Waals surface area contributed by atoms with E-state index in [0.29, 0.717) is 12.3 Å². The van der Waals surface area contributed by atoms with Gasteiger partial charge in [-0.2, -0.15) is 0 Å². The van der Waals surface area contributed by atoms with Gasteiger partial charge in [0.1, 0.15) is 11.4 Å². The molecule has 1 heterocycles. The number of aromatic nitrogens is 1. The highest BCUT2D eigenvalue weighted by atomic mass is 16.5. The zero-order valence-corrected chi connectivity index (χ0v) is 11.3. The molecule has 0 saturated carbocycles. The van der Waals surface area contributed by atoms with Crippen LogP contribution in [0.15, 0.2) is 70.2 Å². The normalized spacial score (nSPS) is 11.0. The van der Waals surface area contributed by atoms with Gasteiger partial charge in [-0.1, -0.05) is 35.5 Å². The highest BCUT2D eigenvalue weighted by molar-refractivity contribution is 5.78. The van der Waals surface area contributed by atoms with Gasteiger partial charge in [-0.05, 0) is 29.8 Å². The summed E-state index contributed by atoms with van der Waals surface area (Å²) in [6, 6.07) is 18.6. The monoisotopic (exact) mass is 278 g/mol. The molecule has 0 unspecified atom stereocenters. The minimum atomic E-state index is 0.229. The fourth-order valence-corrected chi connectivity index (χ4v) is 1.94. The number of rotatable bonds is 4. The van der Waals surface area contributed by atoms with Crippen LogP contribution in [0.2, 0.25) is 0 Å². The van der Waals surface area contributed by atoms with Crippen LogP contribution in [-0.4, -0.2) is 16.5 Å². The summed E-state index contributed by atoms with van der Waals surface area (Å²) in [7, 11) is 0. The van der Waals surface area contributed by atoms with Crippen molar-refractivity contribution in [1.82, 2.24) is 5.16 Å². The molecule has 4 heteroatoms. The van der Waals surface area contributed by atoms with Crippen molar-refractivity contribution in [3.8, 4) is 17.0 Å². The van der Waals surface area contributed by atoms with Crippen molar-refractivity contribution in [3.63, 3.8) is 0 Å². The summed E-state index contributed by atoms with van der Waals surface area (Å²) in [6.45, 7) is 0.607. The van der Waals surface area contributed by atoms with Gasteiger partial charge < -0.3 is 9.63 Å². The summed E-state index contributed by atoms with van der Waals surface area (Å²) in [5, 5.41) is 13.3. The maximum atomic E-state index is 9.27. The van der Waals surface area contributed by atoms with Crippen LogP contribution in [0.25, 0.3) is 11.3 Å². The van der Waals surface area contributed by atoms with Gasteiger partial charge >= 0.3 is 0 Å². The lowest BCUT2D eigenvalue weighted by atomic mass is 10.1. The first-order valence-corrected chi connectivity index (χ1v) is 6.61. The van der Waals surface area contributed by atoms with Crippen molar-refractivity contribution in [2.75, 3.05) is 0 Å². The topological polar surface area (TPSA) is 58.6 Å². The van der Waals surface area contributed by atoms with E-state index in [1.165, 1.54) is 0 Å². The molecule has 0 aliphatic carbocycles. The third-order valence-corrected chi connectivity index (χ3v) is 3.03. The quantitative estimate of drug-likeness (QED) is 0.741. The summed E-state index contributed by atoms with van der Waals surface area (Å²) in [5.41, 5.74) is 2.75. The number of hydrogen-bond donors (Lipinski definition) is 1. The van der Waals surface area contributed by atoms with Crippen LogP contribution in [0.3, 0.4) is 0 Å². The van der Waals surface area contributed by atoms with E-state index in [9.17, 15) is 5.11 Å². The number of phenolic OH excluding ortho intramolecular Hbond substituents is 1. The summed E-state index contributed by atoms with van der Waals surface area (Å²) in [6.07, 6.45) is 1.67. The predicted molar refractivity (Wildman–Crippen MR) is 81.3 cm³/mol. The van der Waals surface area contributed by atoms with Gasteiger partial charge in [0.05, 0.1) is 12.8 Å². The zero-order chi connectivity index (χ0) is 14.5. The van der Waals surface area contributed by atoms with Crippen molar-refractivity contribution in [2.45, 2.75) is 6.54 Å². The van der Waals surface area contributed by atoms with E-state index in [0.717, 1.165) is 16.8 Å². The van der Waals surface area contributed by atoms with Gasteiger partial charge in [-0.3, -0.25) is 4.99 Å². The van der Waals surface area contributed by atoms with Crippen LogP contribution in [0, 0.1) is 0 Å². The molecule has 0 aliphatic heterocycles. The molecule has 0 bridgehead atoms. The Kier molecular flexibility index (Phi) is 3.78. The molecule has 0 saturated heterocycles. The maximum absolute atomic E-state index is 9.27. The molecule has 3 aromatic rings. The van der Waals surface area contributed by atoms with Gasteiger partial charge in [-0.15, -0.1) is 0 Å². The fourth-order valence-electron chi connectivity index (χ4n) is 1.94. The van der Waals surface area contributed by atoms with Crippen molar-refractivity contribution >= 4 is 6.21 Å². The standard InChI is InChI=1S/C17H14N2O2/c20-15-8-6-14(7-9-15)17-10-16(21-19-17)12-18-11-13-4-2-1-3-5-13/h1-10,12,20H,11H2. The second-order valence-corrected chi connectivity index (χ2v) is 4.62. The molecular weight excluding hydrogens is 264 g/mol. The summed E-state index contributed by atoms with van der Waals surface area (Å²) in [5.74, 6) is 0.834. The molecule has 2 aromatic carbocycles. The Morgan fingerprint density at radius 3 is 2.57 bits per heavy atom. The van der Waals surface area contributed by atoms with E-state index in [1.807, 2.05) is 36.4 Å². The number of hydrogen-bond acceptors (Lipinski definition) is 4. The molecule has 0 aliphatic rings. The molecule has 0 radical (unpaired) electrons. The number of phenols is 1. The Bertz CT molecular complexity index is 731. The largest absolute Gasteiger partial charge is 0.508 e. The van der Waals surface area contributed by atoms with E-state index in [-0.39, 0.29) is 5.75 Å². The van der Waals surface area contributed by atoms with E-state index in [2.05, 4.69) is 10.1 Å². The van der Waals surface area contributed by atoms with Crippen LogP contribution in [-0.2, 0) is 6.54 Å². The lowest BCUT2D eigenvalue weighted by molar-refractivity contribution is 0.417. The summed E-state index contributed by atoms with van der Waals surface area (Å²) >= 11 is 0. The lowest BCUT2D eigenvalue weighted by Gasteiger charge is -1.94. The number of aliphatic imine (C=N–C) groups is 1. The minimum absolute atomic E-state index is 0.229. The molecule has 21 heavy (non-hydrogen) atoms. The first kappa shape index (κ1) is 13.1. The fraction of sp³-hybridized carbons (Fsp3) is 0.0588. The van der Waals surface area contributed by atoms with Crippen molar-refractivity contribution in [3.05, 3.63) is 72.0 Å². The predicted octanol–water partition coefficient (Wildman–Crippen LogP) is 3.67. The highest BCUT2D eigenvalue weighted by Gasteiger charge is 2.04. The smallest absolute Gasteiger partial charge is 0.178 e. The zero-order valence-electron chi connectivity index (χ0n) is 11.3. The number of benzene rings is 2. The number of nitrogens with zero attached hydrogens (tertiary/aromatic N) is 2. The average molecular weight is 278 g/mol. The Hall–Kier alpha value is -2.88. The van der Waals surface area contributed by atoms with E-state index >= 15 is 0 Å². The summed E-state index contributed by atoms with van der Waals surface area (Å²) < 4.78 is 5.23. The Labute approximate surface area is 122 Å². The van der Waals surface area contributed by atoms with Crippen LogP contribution >= 0.6 is 0 Å². The second-order valence-electron chi connectivity index (χ2n) is 4.62. The van der Waals surface area contributed by atoms with E-state index in [4.69, 9.17) is 4.52 Å². The Morgan fingerprint density at radius 2 is 1.81 bits per heavy atom. The third kappa shape index (κ3) is 3.36. The molecule has 1 aromatic heterocycles. The first-order valence-electron chi connectivity index (χ1n) is 6.61. The van der Waals surface area contributed by atoms with Gasteiger partial charge in [0.25, 0.3) is 0 Å². The van der Waals surface area contributed by atoms with E-state index < -0.39 is 0 Å². The van der Waals surface area contributed by atoms with Gasteiger partial charge in [0, 0.05) is 11.6 Å². The van der Waals surface area contributed by atoms with Gasteiger partial charge in [0.2, 0.25) is 0 Å². The highest BCUT2D eigenvalue weighted by Crippen LogP contribution is 2.21. The third-order valence-electron chi connectivity index (χ3n) is 3.03. The molecule has 1 N–H and O–H groups in total. The lowest BCUT2D eigenvalue weighted by Crippen LogP contribution is -1.81. The maximum Gasteiger partial charge on any atom is 0.178 e. The SMILES string of the molecule is Oc1ccc(-c2cc(C=NCc3ccccc3)on2)cc1. The molecule has 0 atom stereocenters. The molecule has 0 spiro atoms. The number of aromatic hydroxyl groups is 1. The van der Waals surface area contributed by atoms with Crippen LogP contribution in [0.1, 0.15) is 11.3 Å². The molecule has 0 amide bonds. The molecule has 3 rings (SSSR count). The van der Waals surface area contributed by atoms with Crippen molar-refractivity contribution in [2.24, 2.45) is 4.99 Å².